The fraction of sp³-hybridized carbons (Fsp3) is 0.667. The number of alkyl halides is 1. The van der Waals surface area contributed by atoms with Gasteiger partial charge in [0.2, 0.25) is 5.95 Å². The van der Waals surface area contributed by atoms with Crippen molar-refractivity contribution in [3.8, 4) is 0 Å². The Morgan fingerprint density at radius 1 is 1.24 bits per heavy atom. The van der Waals surface area contributed by atoms with E-state index in [0.717, 1.165) is 16.0 Å². The Morgan fingerprint density at radius 2 is 1.88 bits per heavy atom. The highest BCUT2D eigenvalue weighted by molar-refractivity contribution is 14.1. The SMILES string of the molecule is ClCC1(CNc2ncc(I)cn2)CCCCC1. The smallest absolute Gasteiger partial charge is 0.222 e. The Morgan fingerprint density at radius 3 is 2.47 bits per heavy atom. The van der Waals surface area contributed by atoms with Crippen molar-refractivity contribution in [1.29, 1.82) is 0 Å². The number of nitrogens with zero attached hydrogens (tertiary/aromatic N) is 2. The summed E-state index contributed by atoms with van der Waals surface area (Å²) in [6, 6.07) is 0. The van der Waals surface area contributed by atoms with Crippen molar-refractivity contribution in [3.63, 3.8) is 0 Å². The average molecular weight is 366 g/mol. The third-order valence-electron chi connectivity index (χ3n) is 3.44. The molecule has 5 heteroatoms. The molecule has 0 aromatic carbocycles. The van der Waals surface area contributed by atoms with E-state index in [1.54, 1.807) is 0 Å². The molecule has 0 unspecified atom stereocenters. The van der Waals surface area contributed by atoms with E-state index in [4.69, 9.17) is 11.6 Å². The van der Waals surface area contributed by atoms with Gasteiger partial charge in [0.15, 0.2) is 0 Å². The molecule has 0 radical (unpaired) electrons. The molecule has 3 nitrogen and oxygen atoms in total. The zero-order chi connectivity index (χ0) is 12.1. The predicted octanol–water partition coefficient (Wildman–Crippen LogP) is 3.68. The molecular formula is C12H17ClIN3. The third-order valence-corrected chi connectivity index (χ3v) is 4.56. The lowest BCUT2D eigenvalue weighted by Crippen LogP contribution is -2.34. The van der Waals surface area contributed by atoms with Gasteiger partial charge in [-0.25, -0.2) is 9.97 Å². The van der Waals surface area contributed by atoms with Gasteiger partial charge in [-0.3, -0.25) is 0 Å². The highest BCUT2D eigenvalue weighted by Gasteiger charge is 2.31. The van der Waals surface area contributed by atoms with E-state index in [-0.39, 0.29) is 5.41 Å². The highest BCUT2D eigenvalue weighted by Crippen LogP contribution is 2.37. The summed E-state index contributed by atoms with van der Waals surface area (Å²) in [4.78, 5) is 8.51. The molecule has 1 heterocycles. The van der Waals surface area contributed by atoms with Gasteiger partial charge in [-0.2, -0.15) is 0 Å². The van der Waals surface area contributed by atoms with E-state index in [0.29, 0.717) is 5.95 Å². The molecule has 94 valence electrons. The van der Waals surface area contributed by atoms with Crippen LogP contribution in [-0.4, -0.2) is 22.4 Å². The van der Waals surface area contributed by atoms with Crippen LogP contribution >= 0.6 is 34.2 Å². The van der Waals surface area contributed by atoms with E-state index in [2.05, 4.69) is 37.9 Å². The van der Waals surface area contributed by atoms with E-state index >= 15 is 0 Å². The molecule has 1 aromatic rings. The Hall–Kier alpha value is -0.100. The van der Waals surface area contributed by atoms with Crippen LogP contribution in [0.4, 0.5) is 5.95 Å². The molecule has 2 rings (SSSR count). The predicted molar refractivity (Wildman–Crippen MR) is 79.5 cm³/mol. The average Bonchev–Trinajstić information content (AvgIpc) is 2.39. The van der Waals surface area contributed by atoms with Crippen LogP contribution in [0.2, 0.25) is 0 Å². The Labute approximate surface area is 121 Å². The molecular weight excluding hydrogens is 349 g/mol. The van der Waals surface area contributed by atoms with Gasteiger partial charge in [0, 0.05) is 33.8 Å². The molecule has 1 saturated carbocycles. The van der Waals surface area contributed by atoms with Crippen molar-refractivity contribution in [3.05, 3.63) is 16.0 Å². The number of anilines is 1. The second kappa shape index (κ2) is 6.18. The van der Waals surface area contributed by atoms with Gasteiger partial charge in [0.1, 0.15) is 0 Å². The first-order valence-electron chi connectivity index (χ1n) is 6.01. The maximum atomic E-state index is 6.15. The highest BCUT2D eigenvalue weighted by atomic mass is 127. The van der Waals surface area contributed by atoms with Gasteiger partial charge in [-0.15, -0.1) is 11.6 Å². The summed E-state index contributed by atoms with van der Waals surface area (Å²) < 4.78 is 1.05. The minimum absolute atomic E-state index is 0.242. The molecule has 1 aliphatic rings. The second-order valence-corrected chi connectivity index (χ2v) is 6.29. The lowest BCUT2D eigenvalue weighted by molar-refractivity contribution is 0.237. The van der Waals surface area contributed by atoms with Crippen molar-refractivity contribution >= 4 is 40.1 Å². The van der Waals surface area contributed by atoms with Crippen molar-refractivity contribution in [1.82, 2.24) is 9.97 Å². The molecule has 0 spiro atoms. The van der Waals surface area contributed by atoms with Crippen LogP contribution in [0.25, 0.3) is 0 Å². The number of nitrogens with one attached hydrogen (secondary N) is 1. The van der Waals surface area contributed by atoms with Gasteiger partial charge in [0.05, 0.1) is 0 Å². The van der Waals surface area contributed by atoms with Gasteiger partial charge in [0.25, 0.3) is 0 Å². The van der Waals surface area contributed by atoms with Crippen LogP contribution in [0.5, 0.6) is 0 Å². The number of aromatic nitrogens is 2. The van der Waals surface area contributed by atoms with Crippen molar-refractivity contribution in [2.75, 3.05) is 17.7 Å². The monoisotopic (exact) mass is 365 g/mol. The van der Waals surface area contributed by atoms with Crippen LogP contribution in [0, 0.1) is 8.99 Å². The van der Waals surface area contributed by atoms with E-state index in [1.165, 1.54) is 32.1 Å². The Bertz CT molecular complexity index is 349. The molecule has 1 fully saturated rings. The fourth-order valence-electron chi connectivity index (χ4n) is 2.33. The van der Waals surface area contributed by atoms with Crippen molar-refractivity contribution in [2.45, 2.75) is 32.1 Å². The number of rotatable bonds is 4. The molecule has 0 atom stereocenters. The number of halogens is 2. The molecule has 17 heavy (non-hydrogen) atoms. The third kappa shape index (κ3) is 3.68. The Balaban J connectivity index is 1.93. The molecule has 0 aliphatic heterocycles. The standard InChI is InChI=1S/C12H17ClIN3/c13-8-12(4-2-1-3-5-12)9-17-11-15-6-10(14)7-16-11/h6-7H,1-5,8-9H2,(H,15,16,17). The van der Waals surface area contributed by atoms with Crippen LogP contribution in [0.1, 0.15) is 32.1 Å². The van der Waals surface area contributed by atoms with Crippen molar-refractivity contribution in [2.24, 2.45) is 5.41 Å². The topological polar surface area (TPSA) is 37.8 Å². The quantitative estimate of drug-likeness (QED) is 0.653. The summed E-state index contributed by atoms with van der Waals surface area (Å²) in [5.74, 6) is 1.44. The Kier molecular flexibility index (Phi) is 4.85. The van der Waals surface area contributed by atoms with Crippen molar-refractivity contribution < 1.29 is 0 Å². The minimum Gasteiger partial charge on any atom is -0.354 e. The van der Waals surface area contributed by atoms with E-state index in [1.807, 2.05) is 12.4 Å². The lowest BCUT2D eigenvalue weighted by Gasteiger charge is -2.35. The second-order valence-electron chi connectivity index (χ2n) is 4.77. The zero-order valence-corrected chi connectivity index (χ0v) is 12.7. The summed E-state index contributed by atoms with van der Waals surface area (Å²) in [6.07, 6.45) is 10.0. The molecule has 0 saturated heterocycles. The fourth-order valence-corrected chi connectivity index (χ4v) is 2.97. The summed E-state index contributed by atoms with van der Waals surface area (Å²) in [5, 5.41) is 3.32. The summed E-state index contributed by atoms with van der Waals surface area (Å²) in [6.45, 7) is 0.886. The van der Waals surface area contributed by atoms with Gasteiger partial charge >= 0.3 is 0 Å². The number of hydrogen-bond donors (Lipinski definition) is 1. The lowest BCUT2D eigenvalue weighted by atomic mass is 9.75. The molecule has 0 amide bonds. The van der Waals surface area contributed by atoms with E-state index < -0.39 is 0 Å². The van der Waals surface area contributed by atoms with Gasteiger partial charge in [-0.1, -0.05) is 19.3 Å². The van der Waals surface area contributed by atoms with Gasteiger partial charge < -0.3 is 5.32 Å². The van der Waals surface area contributed by atoms with Crippen LogP contribution in [0.3, 0.4) is 0 Å². The summed E-state index contributed by atoms with van der Waals surface area (Å²) in [5.41, 5.74) is 0.242. The van der Waals surface area contributed by atoms with Gasteiger partial charge in [-0.05, 0) is 35.4 Å². The van der Waals surface area contributed by atoms with Crippen LogP contribution < -0.4 is 5.32 Å². The maximum absolute atomic E-state index is 6.15. The van der Waals surface area contributed by atoms with Crippen LogP contribution in [-0.2, 0) is 0 Å². The molecule has 1 N–H and O–H groups in total. The largest absolute Gasteiger partial charge is 0.354 e. The first kappa shape index (κ1) is 13.3. The van der Waals surface area contributed by atoms with E-state index in [9.17, 15) is 0 Å². The maximum Gasteiger partial charge on any atom is 0.222 e. The summed E-state index contributed by atoms with van der Waals surface area (Å²) >= 11 is 8.35. The minimum atomic E-state index is 0.242. The first-order chi connectivity index (χ1) is 8.24. The molecule has 1 aliphatic carbocycles. The number of hydrogen-bond acceptors (Lipinski definition) is 3. The van der Waals surface area contributed by atoms with Crippen LogP contribution in [0.15, 0.2) is 12.4 Å². The summed E-state index contributed by atoms with van der Waals surface area (Å²) in [7, 11) is 0. The first-order valence-corrected chi connectivity index (χ1v) is 7.63. The molecule has 0 bridgehead atoms. The zero-order valence-electron chi connectivity index (χ0n) is 9.75. The normalized spacial score (nSPS) is 18.9. The molecule has 1 aromatic heterocycles.